The standard InChI is InChI=1S/C12H11F3N2S/c1-8-4-6-18-10(8)7-17-11-9(12(13,14)15)3-2-5-16-11/h2-6H,7H2,1H3,(H,16,17). The van der Waals surface area contributed by atoms with Crippen LogP contribution in [0, 0.1) is 6.92 Å². The van der Waals surface area contributed by atoms with E-state index in [0.29, 0.717) is 6.54 Å². The van der Waals surface area contributed by atoms with Gasteiger partial charge in [-0.25, -0.2) is 4.98 Å². The molecule has 2 aromatic heterocycles. The van der Waals surface area contributed by atoms with Gasteiger partial charge in [-0.3, -0.25) is 0 Å². The minimum atomic E-state index is -4.39. The van der Waals surface area contributed by atoms with Crippen LogP contribution < -0.4 is 5.32 Å². The van der Waals surface area contributed by atoms with Crippen LogP contribution in [0.3, 0.4) is 0 Å². The second-order valence-corrected chi connectivity index (χ2v) is 4.78. The molecule has 0 saturated carbocycles. The number of hydrogen-bond acceptors (Lipinski definition) is 3. The largest absolute Gasteiger partial charge is 0.419 e. The van der Waals surface area contributed by atoms with Gasteiger partial charge in [-0.15, -0.1) is 11.3 Å². The summed E-state index contributed by atoms with van der Waals surface area (Å²) >= 11 is 1.51. The molecule has 0 bridgehead atoms. The minimum Gasteiger partial charge on any atom is -0.365 e. The van der Waals surface area contributed by atoms with Gasteiger partial charge in [0.2, 0.25) is 0 Å². The van der Waals surface area contributed by atoms with Gasteiger partial charge in [0.15, 0.2) is 0 Å². The molecule has 0 aliphatic rings. The van der Waals surface area contributed by atoms with E-state index in [9.17, 15) is 13.2 Å². The highest BCUT2D eigenvalue weighted by atomic mass is 32.1. The number of nitrogens with zero attached hydrogens (tertiary/aromatic N) is 1. The Kier molecular flexibility index (Phi) is 3.56. The fourth-order valence-corrected chi connectivity index (χ4v) is 2.37. The molecule has 0 radical (unpaired) electrons. The summed E-state index contributed by atoms with van der Waals surface area (Å²) in [6.07, 6.45) is -3.04. The smallest absolute Gasteiger partial charge is 0.365 e. The number of nitrogens with one attached hydrogen (secondary N) is 1. The molecule has 0 fully saturated rings. The maximum absolute atomic E-state index is 12.7. The van der Waals surface area contributed by atoms with Crippen molar-refractivity contribution in [2.24, 2.45) is 0 Å². The first-order chi connectivity index (χ1) is 8.48. The van der Waals surface area contributed by atoms with E-state index < -0.39 is 11.7 Å². The van der Waals surface area contributed by atoms with Gasteiger partial charge >= 0.3 is 6.18 Å². The first-order valence-electron chi connectivity index (χ1n) is 5.27. The number of pyridine rings is 1. The fourth-order valence-electron chi connectivity index (χ4n) is 1.52. The summed E-state index contributed by atoms with van der Waals surface area (Å²) in [5.41, 5.74) is 0.330. The molecule has 0 atom stereocenters. The second-order valence-electron chi connectivity index (χ2n) is 3.78. The predicted octanol–water partition coefficient (Wildman–Crippen LogP) is 4.08. The van der Waals surface area contributed by atoms with Crippen molar-refractivity contribution in [2.75, 3.05) is 5.32 Å². The lowest BCUT2D eigenvalue weighted by molar-refractivity contribution is -0.137. The third-order valence-corrected chi connectivity index (χ3v) is 3.52. The first kappa shape index (κ1) is 12.9. The predicted molar refractivity (Wildman–Crippen MR) is 65.6 cm³/mol. The Hall–Kier alpha value is -1.56. The van der Waals surface area contributed by atoms with Crippen molar-refractivity contribution in [1.29, 1.82) is 0 Å². The Morgan fingerprint density at radius 1 is 1.33 bits per heavy atom. The zero-order valence-corrected chi connectivity index (χ0v) is 10.4. The first-order valence-corrected chi connectivity index (χ1v) is 6.15. The molecule has 2 heterocycles. The van der Waals surface area contributed by atoms with Crippen molar-refractivity contribution in [3.8, 4) is 0 Å². The Labute approximate surface area is 106 Å². The molecule has 0 unspecified atom stereocenters. The number of anilines is 1. The van der Waals surface area contributed by atoms with Crippen LogP contribution in [0.4, 0.5) is 19.0 Å². The topological polar surface area (TPSA) is 24.9 Å². The average molecular weight is 272 g/mol. The van der Waals surface area contributed by atoms with E-state index in [2.05, 4.69) is 10.3 Å². The van der Waals surface area contributed by atoms with Gasteiger partial charge in [0.1, 0.15) is 5.82 Å². The lowest BCUT2D eigenvalue weighted by Gasteiger charge is -2.12. The van der Waals surface area contributed by atoms with Crippen LogP contribution in [0.15, 0.2) is 29.8 Å². The normalized spacial score (nSPS) is 11.6. The van der Waals surface area contributed by atoms with Gasteiger partial charge in [-0.1, -0.05) is 0 Å². The summed E-state index contributed by atoms with van der Waals surface area (Å²) < 4.78 is 38.1. The Morgan fingerprint density at radius 2 is 2.11 bits per heavy atom. The number of thiophene rings is 1. The molecular weight excluding hydrogens is 261 g/mol. The van der Waals surface area contributed by atoms with Crippen LogP contribution in [0.2, 0.25) is 0 Å². The highest BCUT2D eigenvalue weighted by molar-refractivity contribution is 7.10. The third kappa shape index (κ3) is 2.81. The fraction of sp³-hybridized carbons (Fsp3) is 0.250. The van der Waals surface area contributed by atoms with Crippen molar-refractivity contribution in [1.82, 2.24) is 4.98 Å². The molecule has 0 amide bonds. The summed E-state index contributed by atoms with van der Waals surface area (Å²) in [6.45, 7) is 2.28. The third-order valence-electron chi connectivity index (χ3n) is 2.50. The van der Waals surface area contributed by atoms with Gasteiger partial charge < -0.3 is 5.32 Å². The molecule has 2 aromatic rings. The van der Waals surface area contributed by atoms with Gasteiger partial charge in [0, 0.05) is 11.1 Å². The molecule has 0 saturated heterocycles. The SMILES string of the molecule is Cc1ccsc1CNc1ncccc1C(F)(F)F. The molecular formula is C12H11F3N2S. The summed E-state index contributed by atoms with van der Waals surface area (Å²) in [5.74, 6) is -0.127. The number of hydrogen-bond donors (Lipinski definition) is 1. The Bertz CT molecular complexity index is 534. The number of rotatable bonds is 3. The van der Waals surface area contributed by atoms with Crippen molar-refractivity contribution in [2.45, 2.75) is 19.6 Å². The average Bonchev–Trinajstić information content (AvgIpc) is 2.71. The van der Waals surface area contributed by atoms with E-state index in [4.69, 9.17) is 0 Å². The van der Waals surface area contributed by atoms with Crippen molar-refractivity contribution in [3.63, 3.8) is 0 Å². The van der Waals surface area contributed by atoms with E-state index in [1.165, 1.54) is 23.6 Å². The quantitative estimate of drug-likeness (QED) is 0.910. The van der Waals surface area contributed by atoms with Gasteiger partial charge in [0.25, 0.3) is 0 Å². The van der Waals surface area contributed by atoms with E-state index in [-0.39, 0.29) is 5.82 Å². The van der Waals surface area contributed by atoms with Crippen molar-refractivity contribution >= 4 is 17.2 Å². The van der Waals surface area contributed by atoms with Gasteiger partial charge in [-0.2, -0.15) is 13.2 Å². The second kappa shape index (κ2) is 4.97. The van der Waals surface area contributed by atoms with E-state index in [0.717, 1.165) is 16.5 Å². The number of alkyl halides is 3. The van der Waals surface area contributed by atoms with E-state index in [1.54, 1.807) is 0 Å². The lowest BCUT2D eigenvalue weighted by atomic mass is 10.2. The molecule has 2 nitrogen and oxygen atoms in total. The maximum Gasteiger partial charge on any atom is 0.419 e. The summed E-state index contributed by atoms with van der Waals surface area (Å²) in [5, 5.41) is 4.65. The van der Waals surface area contributed by atoms with Gasteiger partial charge in [-0.05, 0) is 36.1 Å². The molecule has 2 rings (SSSR count). The zero-order chi connectivity index (χ0) is 13.2. The monoisotopic (exact) mass is 272 g/mol. The number of halogens is 3. The Morgan fingerprint density at radius 3 is 2.72 bits per heavy atom. The molecule has 0 spiro atoms. The molecule has 0 aromatic carbocycles. The molecule has 1 N–H and O–H groups in total. The van der Waals surface area contributed by atoms with Crippen LogP contribution in [0.1, 0.15) is 16.0 Å². The molecule has 0 aliphatic heterocycles. The number of aryl methyl sites for hydroxylation is 1. The molecule has 96 valence electrons. The van der Waals surface area contributed by atoms with Crippen LogP contribution >= 0.6 is 11.3 Å². The van der Waals surface area contributed by atoms with Crippen LogP contribution in [0.5, 0.6) is 0 Å². The number of aromatic nitrogens is 1. The maximum atomic E-state index is 12.7. The van der Waals surface area contributed by atoms with Crippen LogP contribution in [-0.4, -0.2) is 4.98 Å². The minimum absolute atomic E-state index is 0.127. The van der Waals surface area contributed by atoms with E-state index >= 15 is 0 Å². The lowest BCUT2D eigenvalue weighted by Crippen LogP contribution is -2.12. The molecule has 6 heteroatoms. The van der Waals surface area contributed by atoms with Crippen molar-refractivity contribution in [3.05, 3.63) is 45.8 Å². The highest BCUT2D eigenvalue weighted by Gasteiger charge is 2.33. The molecule has 0 aliphatic carbocycles. The van der Waals surface area contributed by atoms with E-state index in [1.807, 2.05) is 18.4 Å². The zero-order valence-electron chi connectivity index (χ0n) is 9.58. The van der Waals surface area contributed by atoms with Crippen LogP contribution in [0.25, 0.3) is 0 Å². The molecule has 18 heavy (non-hydrogen) atoms. The Balaban J connectivity index is 2.17. The summed E-state index contributed by atoms with van der Waals surface area (Å²) in [6, 6.07) is 4.24. The van der Waals surface area contributed by atoms with Crippen LogP contribution in [-0.2, 0) is 12.7 Å². The van der Waals surface area contributed by atoms with Crippen molar-refractivity contribution < 1.29 is 13.2 Å². The van der Waals surface area contributed by atoms with Gasteiger partial charge in [0.05, 0.1) is 12.1 Å². The summed E-state index contributed by atoms with van der Waals surface area (Å²) in [7, 11) is 0. The highest BCUT2D eigenvalue weighted by Crippen LogP contribution is 2.33. The summed E-state index contributed by atoms with van der Waals surface area (Å²) in [4.78, 5) is 4.76.